The average Bonchev–Trinajstić information content (AvgIpc) is 2.64. The average molecular weight is 368 g/mol. The molecule has 0 bridgehead atoms. The molecule has 2 amide bonds. The molecule has 0 unspecified atom stereocenters. The minimum Gasteiger partial charge on any atom is -0.484 e. The number of hydrogen-bond donors (Lipinski definition) is 1. The first kappa shape index (κ1) is 20.5. The molecule has 5 nitrogen and oxygen atoms in total. The van der Waals surface area contributed by atoms with Crippen molar-refractivity contribution < 1.29 is 14.3 Å². The quantitative estimate of drug-likeness (QED) is 0.769. The predicted octanol–water partition coefficient (Wildman–Crippen LogP) is 3.87. The molecule has 0 fully saturated rings. The number of ether oxygens (including phenoxy) is 1. The van der Waals surface area contributed by atoms with Crippen LogP contribution in [0.3, 0.4) is 0 Å². The van der Waals surface area contributed by atoms with Crippen molar-refractivity contribution >= 4 is 17.5 Å². The Morgan fingerprint density at radius 1 is 1.00 bits per heavy atom. The second-order valence-corrected chi connectivity index (χ2v) is 6.71. The zero-order chi connectivity index (χ0) is 19.8. The Labute approximate surface area is 161 Å². The summed E-state index contributed by atoms with van der Waals surface area (Å²) >= 11 is 0. The van der Waals surface area contributed by atoms with Crippen LogP contribution in [0.4, 0.5) is 5.69 Å². The molecule has 2 aromatic carbocycles. The maximum absolute atomic E-state index is 12.5. The van der Waals surface area contributed by atoms with E-state index in [-0.39, 0.29) is 25.0 Å². The molecule has 2 rings (SSSR count). The summed E-state index contributed by atoms with van der Waals surface area (Å²) in [6.45, 7) is 8.38. The molecule has 0 radical (unpaired) electrons. The number of carbonyl (C=O) groups excluding carboxylic acids is 2. The van der Waals surface area contributed by atoms with E-state index in [4.69, 9.17) is 4.74 Å². The summed E-state index contributed by atoms with van der Waals surface area (Å²) in [7, 11) is 0. The Morgan fingerprint density at radius 3 is 2.41 bits per heavy atom. The van der Waals surface area contributed by atoms with Gasteiger partial charge in [-0.05, 0) is 62.1 Å². The minimum absolute atomic E-state index is 0.0112. The van der Waals surface area contributed by atoms with Gasteiger partial charge in [-0.2, -0.15) is 0 Å². The zero-order valence-corrected chi connectivity index (χ0v) is 16.5. The SMILES string of the molecule is CCCN(CC(=O)Nc1ccccc1C)C(=O)COc1ccc(C)c(C)c1. The normalized spacial score (nSPS) is 10.4. The minimum atomic E-state index is -0.211. The standard InChI is InChI=1S/C22H28N2O3/c1-5-12-24(14-21(25)23-20-9-7-6-8-17(20)3)22(26)15-27-19-11-10-16(2)18(4)13-19/h6-11,13H,5,12,14-15H2,1-4H3,(H,23,25). The second kappa shape index (κ2) is 9.76. The summed E-state index contributed by atoms with van der Waals surface area (Å²) in [5, 5.41) is 2.87. The van der Waals surface area contributed by atoms with Crippen LogP contribution in [0.2, 0.25) is 0 Å². The van der Waals surface area contributed by atoms with Crippen molar-refractivity contribution in [3.63, 3.8) is 0 Å². The van der Waals surface area contributed by atoms with Gasteiger partial charge in [0.1, 0.15) is 5.75 Å². The van der Waals surface area contributed by atoms with Gasteiger partial charge in [-0.1, -0.05) is 31.2 Å². The number of rotatable bonds is 8. The molecule has 0 aliphatic heterocycles. The Balaban J connectivity index is 1.94. The first-order valence-electron chi connectivity index (χ1n) is 9.24. The van der Waals surface area contributed by atoms with Gasteiger partial charge in [0.2, 0.25) is 5.91 Å². The van der Waals surface area contributed by atoms with Gasteiger partial charge in [0.25, 0.3) is 5.91 Å². The molecule has 0 aliphatic carbocycles. The van der Waals surface area contributed by atoms with Gasteiger partial charge in [0, 0.05) is 12.2 Å². The van der Waals surface area contributed by atoms with E-state index < -0.39 is 0 Å². The molecule has 27 heavy (non-hydrogen) atoms. The van der Waals surface area contributed by atoms with Crippen LogP contribution in [0.1, 0.15) is 30.0 Å². The molecule has 0 aliphatic rings. The number of nitrogens with zero attached hydrogens (tertiary/aromatic N) is 1. The number of anilines is 1. The molecule has 2 aromatic rings. The number of benzene rings is 2. The zero-order valence-electron chi connectivity index (χ0n) is 16.5. The lowest BCUT2D eigenvalue weighted by molar-refractivity contribution is -0.136. The van der Waals surface area contributed by atoms with Crippen LogP contribution in [0.5, 0.6) is 5.75 Å². The summed E-state index contributed by atoms with van der Waals surface area (Å²) in [6, 6.07) is 13.3. The summed E-state index contributed by atoms with van der Waals surface area (Å²) in [6.07, 6.45) is 0.771. The summed E-state index contributed by atoms with van der Waals surface area (Å²) in [5.74, 6) is 0.250. The number of para-hydroxylation sites is 1. The highest BCUT2D eigenvalue weighted by molar-refractivity contribution is 5.95. The van der Waals surface area contributed by atoms with Crippen LogP contribution in [-0.4, -0.2) is 36.4 Å². The Morgan fingerprint density at radius 2 is 1.74 bits per heavy atom. The summed E-state index contributed by atoms with van der Waals surface area (Å²) in [4.78, 5) is 26.4. The molecule has 144 valence electrons. The van der Waals surface area contributed by atoms with Crippen molar-refractivity contribution in [3.8, 4) is 5.75 Å². The molecule has 5 heteroatoms. The molecule has 1 N–H and O–H groups in total. The Kier molecular flexibility index (Phi) is 7.41. The molecular weight excluding hydrogens is 340 g/mol. The fourth-order valence-corrected chi connectivity index (χ4v) is 2.68. The lowest BCUT2D eigenvalue weighted by Gasteiger charge is -2.22. The highest BCUT2D eigenvalue weighted by atomic mass is 16.5. The molecule has 0 saturated heterocycles. The monoisotopic (exact) mass is 368 g/mol. The lowest BCUT2D eigenvalue weighted by Crippen LogP contribution is -2.41. The van der Waals surface area contributed by atoms with E-state index in [0.29, 0.717) is 12.3 Å². The highest BCUT2D eigenvalue weighted by Crippen LogP contribution is 2.16. The Bertz CT molecular complexity index is 802. The van der Waals surface area contributed by atoms with Crippen LogP contribution < -0.4 is 10.1 Å². The van der Waals surface area contributed by atoms with Gasteiger partial charge in [-0.3, -0.25) is 9.59 Å². The van der Waals surface area contributed by atoms with Crippen molar-refractivity contribution in [1.82, 2.24) is 4.90 Å². The molecule has 0 heterocycles. The third kappa shape index (κ3) is 6.13. The fourth-order valence-electron chi connectivity index (χ4n) is 2.68. The van der Waals surface area contributed by atoms with E-state index in [9.17, 15) is 9.59 Å². The van der Waals surface area contributed by atoms with Crippen molar-refractivity contribution in [1.29, 1.82) is 0 Å². The number of aryl methyl sites for hydroxylation is 3. The highest BCUT2D eigenvalue weighted by Gasteiger charge is 2.17. The van der Waals surface area contributed by atoms with Crippen LogP contribution in [0.15, 0.2) is 42.5 Å². The number of carbonyl (C=O) groups is 2. The van der Waals surface area contributed by atoms with Crippen molar-refractivity contribution in [3.05, 3.63) is 59.2 Å². The third-order valence-electron chi connectivity index (χ3n) is 4.44. The predicted molar refractivity (Wildman–Crippen MR) is 108 cm³/mol. The first-order chi connectivity index (χ1) is 12.9. The van der Waals surface area contributed by atoms with Crippen molar-refractivity contribution in [2.45, 2.75) is 34.1 Å². The second-order valence-electron chi connectivity index (χ2n) is 6.71. The van der Waals surface area contributed by atoms with E-state index in [1.54, 1.807) is 0 Å². The van der Waals surface area contributed by atoms with E-state index in [0.717, 1.165) is 23.2 Å². The van der Waals surface area contributed by atoms with Gasteiger partial charge in [-0.15, -0.1) is 0 Å². The van der Waals surface area contributed by atoms with Gasteiger partial charge in [0.05, 0.1) is 6.54 Å². The van der Waals surface area contributed by atoms with Crippen LogP contribution in [-0.2, 0) is 9.59 Å². The smallest absolute Gasteiger partial charge is 0.260 e. The summed E-state index contributed by atoms with van der Waals surface area (Å²) < 4.78 is 5.63. The van der Waals surface area contributed by atoms with E-state index in [1.165, 1.54) is 10.5 Å². The van der Waals surface area contributed by atoms with E-state index >= 15 is 0 Å². The Hall–Kier alpha value is -2.82. The third-order valence-corrected chi connectivity index (χ3v) is 4.44. The molecule has 0 spiro atoms. The maximum atomic E-state index is 12.5. The van der Waals surface area contributed by atoms with Crippen LogP contribution in [0, 0.1) is 20.8 Å². The van der Waals surface area contributed by atoms with Crippen molar-refractivity contribution in [2.24, 2.45) is 0 Å². The fraction of sp³-hybridized carbons (Fsp3) is 0.364. The number of nitrogens with one attached hydrogen (secondary N) is 1. The topological polar surface area (TPSA) is 58.6 Å². The molecule has 0 saturated carbocycles. The maximum Gasteiger partial charge on any atom is 0.260 e. The lowest BCUT2D eigenvalue weighted by atomic mass is 10.1. The number of hydrogen-bond acceptors (Lipinski definition) is 3. The van der Waals surface area contributed by atoms with Gasteiger partial charge in [-0.25, -0.2) is 0 Å². The van der Waals surface area contributed by atoms with Gasteiger partial charge < -0.3 is 15.0 Å². The van der Waals surface area contributed by atoms with Gasteiger partial charge in [0.15, 0.2) is 6.61 Å². The largest absolute Gasteiger partial charge is 0.484 e. The molecule has 0 atom stereocenters. The number of amides is 2. The first-order valence-corrected chi connectivity index (χ1v) is 9.24. The van der Waals surface area contributed by atoms with Crippen LogP contribution in [0.25, 0.3) is 0 Å². The van der Waals surface area contributed by atoms with Crippen LogP contribution >= 0.6 is 0 Å². The van der Waals surface area contributed by atoms with Gasteiger partial charge >= 0.3 is 0 Å². The van der Waals surface area contributed by atoms with E-state index in [2.05, 4.69) is 5.32 Å². The van der Waals surface area contributed by atoms with Crippen molar-refractivity contribution in [2.75, 3.05) is 25.0 Å². The van der Waals surface area contributed by atoms with E-state index in [1.807, 2.05) is 70.2 Å². The summed E-state index contributed by atoms with van der Waals surface area (Å²) in [5.41, 5.74) is 4.03. The molecule has 0 aromatic heterocycles. The molecular formula is C22H28N2O3.